The lowest BCUT2D eigenvalue weighted by molar-refractivity contribution is -0.163. The van der Waals surface area contributed by atoms with Gasteiger partial charge in [0, 0.05) is 19.6 Å². The Bertz CT molecular complexity index is 239. The molecule has 92 valence electrons. The monoisotopic (exact) mass is 227 g/mol. The molecule has 0 aliphatic carbocycles. The molecule has 0 saturated carbocycles. The molecule has 0 aromatic carbocycles. The van der Waals surface area contributed by atoms with E-state index in [1.54, 1.807) is 0 Å². The first-order chi connectivity index (χ1) is 7.83. The van der Waals surface area contributed by atoms with Crippen molar-refractivity contribution < 1.29 is 9.53 Å². The maximum Gasteiger partial charge on any atom is 0.253 e. The normalized spacial score (nSPS) is 28.4. The smallest absolute Gasteiger partial charge is 0.253 e. The SMILES string of the molecule is CCNC1CCCN(N2CCOCC2)C1=O. The number of rotatable bonds is 3. The van der Waals surface area contributed by atoms with Crippen LogP contribution in [-0.2, 0) is 9.53 Å². The third-order valence-corrected chi connectivity index (χ3v) is 3.19. The number of nitrogens with zero attached hydrogens (tertiary/aromatic N) is 2. The van der Waals surface area contributed by atoms with E-state index in [4.69, 9.17) is 4.74 Å². The predicted octanol–water partition coefficient (Wildman–Crippen LogP) is -0.166. The van der Waals surface area contributed by atoms with Crippen molar-refractivity contribution in [2.24, 2.45) is 0 Å². The Hall–Kier alpha value is -0.650. The molecule has 2 saturated heterocycles. The lowest BCUT2D eigenvalue weighted by Gasteiger charge is -2.41. The van der Waals surface area contributed by atoms with Crippen molar-refractivity contribution in [1.82, 2.24) is 15.3 Å². The number of hydrogen-bond acceptors (Lipinski definition) is 4. The minimum absolute atomic E-state index is 0.0154. The summed E-state index contributed by atoms with van der Waals surface area (Å²) in [5.41, 5.74) is 0. The number of hydrogen-bond donors (Lipinski definition) is 1. The van der Waals surface area contributed by atoms with Crippen molar-refractivity contribution >= 4 is 5.91 Å². The van der Waals surface area contributed by atoms with Crippen LogP contribution in [0.2, 0.25) is 0 Å². The van der Waals surface area contributed by atoms with Gasteiger partial charge in [-0.2, -0.15) is 0 Å². The summed E-state index contributed by atoms with van der Waals surface area (Å²) in [6.07, 6.45) is 2.05. The number of nitrogens with one attached hydrogen (secondary N) is 1. The van der Waals surface area contributed by atoms with Crippen LogP contribution in [0.25, 0.3) is 0 Å². The van der Waals surface area contributed by atoms with Gasteiger partial charge in [0.15, 0.2) is 0 Å². The van der Waals surface area contributed by atoms with Crippen molar-refractivity contribution in [2.75, 3.05) is 39.4 Å². The lowest BCUT2D eigenvalue weighted by atomic mass is 10.1. The Morgan fingerprint density at radius 3 is 2.81 bits per heavy atom. The van der Waals surface area contributed by atoms with Crippen LogP contribution in [-0.4, -0.2) is 61.4 Å². The molecular weight excluding hydrogens is 206 g/mol. The summed E-state index contributed by atoms with van der Waals surface area (Å²) >= 11 is 0. The Morgan fingerprint density at radius 1 is 1.38 bits per heavy atom. The molecule has 1 amide bonds. The minimum atomic E-state index is 0.0154. The van der Waals surface area contributed by atoms with Crippen LogP contribution in [0.1, 0.15) is 19.8 Å². The molecule has 2 fully saturated rings. The molecular formula is C11H21N3O2. The van der Waals surface area contributed by atoms with Crippen LogP contribution >= 0.6 is 0 Å². The molecule has 1 N–H and O–H groups in total. The van der Waals surface area contributed by atoms with Gasteiger partial charge in [-0.1, -0.05) is 6.92 Å². The van der Waals surface area contributed by atoms with E-state index in [-0.39, 0.29) is 11.9 Å². The highest BCUT2D eigenvalue weighted by molar-refractivity contribution is 5.82. The minimum Gasteiger partial charge on any atom is -0.379 e. The zero-order valence-corrected chi connectivity index (χ0v) is 9.95. The maximum atomic E-state index is 12.2. The van der Waals surface area contributed by atoms with E-state index in [2.05, 4.69) is 10.3 Å². The number of piperidine rings is 1. The molecule has 0 spiro atoms. The van der Waals surface area contributed by atoms with E-state index in [0.29, 0.717) is 0 Å². The highest BCUT2D eigenvalue weighted by Crippen LogP contribution is 2.15. The molecule has 0 radical (unpaired) electrons. The number of amides is 1. The molecule has 1 unspecified atom stereocenters. The standard InChI is InChI=1S/C11H21N3O2/c1-2-12-10-4-3-5-14(11(10)15)13-6-8-16-9-7-13/h10,12H,2-9H2,1H3. The average molecular weight is 227 g/mol. The Kier molecular flexibility index (Phi) is 4.15. The third-order valence-electron chi connectivity index (χ3n) is 3.19. The van der Waals surface area contributed by atoms with Gasteiger partial charge in [0.25, 0.3) is 5.91 Å². The van der Waals surface area contributed by atoms with Gasteiger partial charge in [-0.3, -0.25) is 9.80 Å². The fourth-order valence-corrected chi connectivity index (χ4v) is 2.37. The first-order valence-electron chi connectivity index (χ1n) is 6.20. The van der Waals surface area contributed by atoms with Crippen LogP contribution in [0.5, 0.6) is 0 Å². The van der Waals surface area contributed by atoms with Crippen molar-refractivity contribution in [3.05, 3.63) is 0 Å². The second-order valence-electron chi connectivity index (χ2n) is 4.28. The molecule has 5 heteroatoms. The zero-order valence-electron chi connectivity index (χ0n) is 9.95. The van der Waals surface area contributed by atoms with E-state index < -0.39 is 0 Å². The summed E-state index contributed by atoms with van der Waals surface area (Å²) in [6.45, 7) is 6.90. The van der Waals surface area contributed by atoms with E-state index in [9.17, 15) is 4.79 Å². The van der Waals surface area contributed by atoms with Crippen LogP contribution in [0, 0.1) is 0 Å². The van der Waals surface area contributed by atoms with Gasteiger partial charge < -0.3 is 10.1 Å². The highest BCUT2D eigenvalue weighted by Gasteiger charge is 2.32. The number of hydrazine groups is 1. The molecule has 16 heavy (non-hydrogen) atoms. The number of ether oxygens (including phenoxy) is 1. The van der Waals surface area contributed by atoms with Gasteiger partial charge in [0.1, 0.15) is 0 Å². The van der Waals surface area contributed by atoms with Crippen LogP contribution in [0.15, 0.2) is 0 Å². The van der Waals surface area contributed by atoms with E-state index in [1.807, 2.05) is 11.9 Å². The van der Waals surface area contributed by atoms with Crippen molar-refractivity contribution in [3.8, 4) is 0 Å². The van der Waals surface area contributed by atoms with Crippen LogP contribution in [0.3, 0.4) is 0 Å². The number of morpholine rings is 1. The molecule has 5 nitrogen and oxygen atoms in total. The molecule has 2 rings (SSSR count). The molecule has 2 heterocycles. The average Bonchev–Trinajstić information content (AvgIpc) is 2.33. The van der Waals surface area contributed by atoms with Crippen LogP contribution < -0.4 is 5.32 Å². The van der Waals surface area contributed by atoms with Gasteiger partial charge in [0.05, 0.1) is 19.3 Å². The van der Waals surface area contributed by atoms with Gasteiger partial charge in [-0.15, -0.1) is 0 Å². The van der Waals surface area contributed by atoms with Gasteiger partial charge in [0.2, 0.25) is 0 Å². The summed E-state index contributed by atoms with van der Waals surface area (Å²) in [5.74, 6) is 0.231. The number of carbonyl (C=O) groups excluding carboxylic acids is 1. The Labute approximate surface area is 96.7 Å². The summed E-state index contributed by atoms with van der Waals surface area (Å²) in [4.78, 5) is 12.2. The van der Waals surface area contributed by atoms with E-state index in [1.165, 1.54) is 0 Å². The quantitative estimate of drug-likeness (QED) is 0.727. The fourth-order valence-electron chi connectivity index (χ4n) is 2.37. The lowest BCUT2D eigenvalue weighted by Crippen LogP contribution is -2.59. The molecule has 2 aliphatic heterocycles. The topological polar surface area (TPSA) is 44.8 Å². The summed E-state index contributed by atoms with van der Waals surface area (Å²) in [5, 5.41) is 7.30. The Morgan fingerprint density at radius 2 is 2.12 bits per heavy atom. The molecule has 1 atom stereocenters. The van der Waals surface area contributed by atoms with Gasteiger partial charge in [-0.25, -0.2) is 5.01 Å². The van der Waals surface area contributed by atoms with Crippen molar-refractivity contribution in [1.29, 1.82) is 0 Å². The van der Waals surface area contributed by atoms with Crippen molar-refractivity contribution in [2.45, 2.75) is 25.8 Å². The van der Waals surface area contributed by atoms with Crippen molar-refractivity contribution in [3.63, 3.8) is 0 Å². The highest BCUT2D eigenvalue weighted by atomic mass is 16.5. The van der Waals surface area contributed by atoms with Gasteiger partial charge >= 0.3 is 0 Å². The second kappa shape index (κ2) is 5.61. The fraction of sp³-hybridized carbons (Fsp3) is 0.909. The molecule has 0 bridgehead atoms. The first-order valence-corrected chi connectivity index (χ1v) is 6.20. The summed E-state index contributed by atoms with van der Waals surface area (Å²) in [6, 6.07) is 0.0154. The zero-order chi connectivity index (χ0) is 11.4. The molecule has 0 aromatic heterocycles. The third kappa shape index (κ3) is 2.53. The predicted molar refractivity (Wildman–Crippen MR) is 60.8 cm³/mol. The first kappa shape index (κ1) is 11.8. The van der Waals surface area contributed by atoms with E-state index >= 15 is 0 Å². The maximum absolute atomic E-state index is 12.2. The van der Waals surface area contributed by atoms with E-state index in [0.717, 1.165) is 52.2 Å². The molecule has 2 aliphatic rings. The number of likely N-dealkylation sites (N-methyl/N-ethyl adjacent to an activating group) is 1. The summed E-state index contributed by atoms with van der Waals surface area (Å²) in [7, 11) is 0. The Balaban J connectivity index is 1.94. The summed E-state index contributed by atoms with van der Waals surface area (Å²) < 4.78 is 5.30. The largest absolute Gasteiger partial charge is 0.379 e. The van der Waals surface area contributed by atoms with Crippen LogP contribution in [0.4, 0.5) is 0 Å². The van der Waals surface area contributed by atoms with Gasteiger partial charge in [-0.05, 0) is 19.4 Å². The second-order valence-corrected chi connectivity index (χ2v) is 4.28. The number of carbonyl (C=O) groups is 1. The molecule has 0 aromatic rings.